The van der Waals surface area contributed by atoms with Gasteiger partial charge >= 0.3 is 0 Å². The van der Waals surface area contributed by atoms with Gasteiger partial charge in [-0.05, 0) is 62.0 Å². The maximum atomic E-state index is 12.8. The molecule has 1 fully saturated rings. The number of thioether (sulfide) groups is 1. The molecule has 5 nitrogen and oxygen atoms in total. The van der Waals surface area contributed by atoms with E-state index < -0.39 is 0 Å². The average Bonchev–Trinajstić information content (AvgIpc) is 2.92. The standard InChI is InChI=1S/C20H17BrN2O3S2/c1-3-26-16-9-8-14(21)10-13(16)11-17-19(25)23(20(27)28-17)22-18(24)15-7-5-4-6-12(15)2/h4-11H,3H2,1-2H3,(H,22,24)/b17-11+. The Labute approximate surface area is 181 Å². The smallest absolute Gasteiger partial charge is 0.285 e. The molecular formula is C20H17BrN2O3S2. The first kappa shape index (κ1) is 20.6. The van der Waals surface area contributed by atoms with Crippen LogP contribution in [0, 0.1) is 6.92 Å². The maximum Gasteiger partial charge on any atom is 0.285 e. The van der Waals surface area contributed by atoms with E-state index in [9.17, 15) is 9.59 Å². The number of ether oxygens (including phenoxy) is 1. The van der Waals surface area contributed by atoms with E-state index >= 15 is 0 Å². The van der Waals surface area contributed by atoms with Crippen molar-refractivity contribution in [3.63, 3.8) is 0 Å². The van der Waals surface area contributed by atoms with Crippen molar-refractivity contribution in [2.24, 2.45) is 0 Å². The molecule has 2 amide bonds. The van der Waals surface area contributed by atoms with Crippen molar-refractivity contribution < 1.29 is 14.3 Å². The minimum atomic E-state index is -0.381. The average molecular weight is 477 g/mol. The molecule has 8 heteroatoms. The van der Waals surface area contributed by atoms with E-state index in [-0.39, 0.29) is 16.1 Å². The minimum absolute atomic E-state index is 0.270. The van der Waals surface area contributed by atoms with Crippen molar-refractivity contribution >= 4 is 62.1 Å². The number of thiocarbonyl (C=S) groups is 1. The summed E-state index contributed by atoms with van der Waals surface area (Å²) in [4.78, 5) is 25.8. The van der Waals surface area contributed by atoms with Crippen molar-refractivity contribution in [1.29, 1.82) is 0 Å². The van der Waals surface area contributed by atoms with Gasteiger partial charge in [-0.1, -0.05) is 45.9 Å². The van der Waals surface area contributed by atoms with Crippen LogP contribution < -0.4 is 10.2 Å². The summed E-state index contributed by atoms with van der Waals surface area (Å²) in [5.41, 5.74) is 4.66. The third-order valence-corrected chi connectivity index (χ3v) is 5.75. The lowest BCUT2D eigenvalue weighted by Gasteiger charge is -2.16. The Morgan fingerprint density at radius 2 is 2.07 bits per heavy atom. The van der Waals surface area contributed by atoms with Crippen LogP contribution in [0.4, 0.5) is 0 Å². The number of hydrazine groups is 1. The number of nitrogens with zero attached hydrogens (tertiary/aromatic N) is 1. The summed E-state index contributed by atoms with van der Waals surface area (Å²) in [6, 6.07) is 12.7. The zero-order valence-electron chi connectivity index (χ0n) is 15.2. The zero-order valence-corrected chi connectivity index (χ0v) is 18.4. The molecule has 144 valence electrons. The molecule has 0 unspecified atom stereocenters. The van der Waals surface area contributed by atoms with E-state index in [0.29, 0.717) is 22.8 Å². The lowest BCUT2D eigenvalue weighted by atomic mass is 10.1. The molecule has 1 aliphatic rings. The maximum absolute atomic E-state index is 12.8. The fourth-order valence-corrected chi connectivity index (χ4v) is 4.16. The molecule has 0 saturated carbocycles. The molecule has 0 aromatic heterocycles. The van der Waals surface area contributed by atoms with E-state index in [1.807, 2.05) is 44.2 Å². The second-order valence-corrected chi connectivity index (χ2v) is 8.48. The van der Waals surface area contributed by atoms with Gasteiger partial charge in [0.05, 0.1) is 11.5 Å². The number of halogens is 1. The van der Waals surface area contributed by atoms with Crippen LogP contribution in [-0.2, 0) is 4.79 Å². The number of rotatable bonds is 5. The molecule has 3 rings (SSSR count). The summed E-state index contributed by atoms with van der Waals surface area (Å²) in [6.45, 7) is 4.24. The van der Waals surface area contributed by atoms with Crippen LogP contribution in [-0.4, -0.2) is 27.8 Å². The fourth-order valence-electron chi connectivity index (χ4n) is 2.61. The number of carbonyl (C=O) groups is 2. The first-order chi connectivity index (χ1) is 13.4. The third-order valence-electron chi connectivity index (χ3n) is 3.96. The van der Waals surface area contributed by atoms with Crippen LogP contribution in [0.5, 0.6) is 5.75 Å². The number of carbonyl (C=O) groups excluding carboxylic acids is 2. The van der Waals surface area contributed by atoms with E-state index in [4.69, 9.17) is 17.0 Å². The Balaban J connectivity index is 1.84. The Kier molecular flexibility index (Phi) is 6.53. The van der Waals surface area contributed by atoms with Crippen LogP contribution in [0.3, 0.4) is 0 Å². The number of nitrogens with one attached hydrogen (secondary N) is 1. The minimum Gasteiger partial charge on any atom is -0.493 e. The van der Waals surface area contributed by atoms with Crippen LogP contribution in [0.2, 0.25) is 0 Å². The highest BCUT2D eigenvalue weighted by Crippen LogP contribution is 2.34. The molecule has 0 spiro atoms. The monoisotopic (exact) mass is 476 g/mol. The van der Waals surface area contributed by atoms with Crippen molar-refractivity contribution in [3.8, 4) is 5.75 Å². The van der Waals surface area contributed by atoms with Crippen LogP contribution in [0.15, 0.2) is 51.8 Å². The van der Waals surface area contributed by atoms with Crippen molar-refractivity contribution in [1.82, 2.24) is 10.4 Å². The predicted octanol–water partition coefficient (Wildman–Crippen LogP) is 4.70. The SMILES string of the molecule is CCOc1ccc(Br)cc1/C=C1/SC(=S)N(NC(=O)c2ccccc2C)C1=O. The number of amides is 2. The van der Waals surface area contributed by atoms with E-state index in [1.54, 1.807) is 18.2 Å². The number of aryl methyl sites for hydroxylation is 1. The summed E-state index contributed by atoms with van der Waals surface area (Å²) in [5.74, 6) is -0.0904. The number of hydrogen-bond donors (Lipinski definition) is 1. The van der Waals surface area contributed by atoms with Crippen molar-refractivity contribution in [3.05, 3.63) is 68.5 Å². The molecule has 1 aliphatic heterocycles. The molecular weight excluding hydrogens is 460 g/mol. The van der Waals surface area contributed by atoms with Gasteiger partial charge in [-0.2, -0.15) is 5.01 Å². The Hall–Kier alpha value is -2.16. The van der Waals surface area contributed by atoms with Gasteiger partial charge < -0.3 is 4.74 Å². The molecule has 0 bridgehead atoms. The second-order valence-electron chi connectivity index (χ2n) is 5.89. The zero-order chi connectivity index (χ0) is 20.3. The summed E-state index contributed by atoms with van der Waals surface area (Å²) >= 11 is 9.86. The van der Waals surface area contributed by atoms with Gasteiger partial charge in [0.15, 0.2) is 4.32 Å². The third kappa shape index (κ3) is 4.45. The topological polar surface area (TPSA) is 58.6 Å². The van der Waals surface area contributed by atoms with Crippen molar-refractivity contribution in [2.45, 2.75) is 13.8 Å². The summed E-state index contributed by atoms with van der Waals surface area (Å²) in [7, 11) is 0. The van der Waals surface area contributed by atoms with Gasteiger partial charge in [-0.25, -0.2) is 0 Å². The van der Waals surface area contributed by atoms with Gasteiger partial charge in [-0.15, -0.1) is 0 Å². The highest BCUT2D eigenvalue weighted by molar-refractivity contribution is 9.10. The Bertz CT molecular complexity index is 991. The summed E-state index contributed by atoms with van der Waals surface area (Å²) in [5, 5.41) is 1.11. The summed E-state index contributed by atoms with van der Waals surface area (Å²) in [6.07, 6.45) is 1.72. The molecule has 2 aromatic rings. The molecule has 1 heterocycles. The molecule has 1 saturated heterocycles. The Morgan fingerprint density at radius 3 is 2.79 bits per heavy atom. The molecule has 0 atom stereocenters. The predicted molar refractivity (Wildman–Crippen MR) is 119 cm³/mol. The molecule has 2 aromatic carbocycles. The lowest BCUT2D eigenvalue weighted by Crippen LogP contribution is -2.45. The molecule has 28 heavy (non-hydrogen) atoms. The summed E-state index contributed by atoms with van der Waals surface area (Å²) < 4.78 is 6.76. The highest BCUT2D eigenvalue weighted by Gasteiger charge is 2.34. The van der Waals surface area contributed by atoms with Gasteiger partial charge in [0, 0.05) is 15.6 Å². The lowest BCUT2D eigenvalue weighted by molar-refractivity contribution is -0.123. The second kappa shape index (κ2) is 8.89. The van der Waals surface area contributed by atoms with Crippen molar-refractivity contribution in [2.75, 3.05) is 6.61 Å². The largest absolute Gasteiger partial charge is 0.493 e. The first-order valence-electron chi connectivity index (χ1n) is 8.47. The Morgan fingerprint density at radius 1 is 1.32 bits per heavy atom. The van der Waals surface area contributed by atoms with E-state index in [1.165, 1.54) is 0 Å². The van der Waals surface area contributed by atoms with Crippen LogP contribution in [0.25, 0.3) is 6.08 Å². The molecule has 0 aliphatic carbocycles. The fraction of sp³-hybridized carbons (Fsp3) is 0.150. The van der Waals surface area contributed by atoms with E-state index in [0.717, 1.165) is 32.4 Å². The van der Waals surface area contributed by atoms with Gasteiger partial charge in [0.25, 0.3) is 11.8 Å². The number of benzene rings is 2. The number of hydrogen-bond acceptors (Lipinski definition) is 5. The van der Waals surface area contributed by atoms with Gasteiger partial charge in [-0.3, -0.25) is 15.0 Å². The highest BCUT2D eigenvalue weighted by atomic mass is 79.9. The van der Waals surface area contributed by atoms with Gasteiger partial charge in [0.1, 0.15) is 5.75 Å². The normalized spacial score (nSPS) is 15.2. The van der Waals surface area contributed by atoms with Crippen LogP contribution in [0.1, 0.15) is 28.4 Å². The van der Waals surface area contributed by atoms with Crippen LogP contribution >= 0.6 is 39.9 Å². The van der Waals surface area contributed by atoms with E-state index in [2.05, 4.69) is 21.4 Å². The first-order valence-corrected chi connectivity index (χ1v) is 10.5. The van der Waals surface area contributed by atoms with Gasteiger partial charge in [0.2, 0.25) is 0 Å². The molecule has 0 radical (unpaired) electrons. The molecule has 1 N–H and O–H groups in total. The quantitative estimate of drug-likeness (QED) is 0.500.